The van der Waals surface area contributed by atoms with Crippen LogP contribution in [0.25, 0.3) is 22.9 Å². The van der Waals surface area contributed by atoms with Gasteiger partial charge in [-0.1, -0.05) is 66.7 Å². The summed E-state index contributed by atoms with van der Waals surface area (Å²) in [7, 11) is 0. The van der Waals surface area contributed by atoms with Crippen LogP contribution in [-0.4, -0.2) is 20.9 Å². The molecule has 0 saturated carbocycles. The third-order valence-corrected chi connectivity index (χ3v) is 5.60. The Bertz CT molecular complexity index is 1170. The maximum atomic E-state index is 12.6. The summed E-state index contributed by atoms with van der Waals surface area (Å²) in [5, 5.41) is 3.64. The van der Waals surface area contributed by atoms with Crippen molar-refractivity contribution >= 4 is 29.4 Å². The van der Waals surface area contributed by atoms with E-state index in [0.29, 0.717) is 27.8 Å². The molecular weight excluding hydrogens is 392 g/mol. The lowest BCUT2D eigenvalue weighted by Crippen LogP contribution is -2.22. The highest BCUT2D eigenvalue weighted by Gasteiger charge is 2.17. The standard InChI is InChI=1S/C24H20N4OS/c1-17-22(23(29)26-14-19-10-6-3-7-11-19)30-24(27-17)21-16-25-15-20(28-21)13-12-18-8-4-2-5-9-18/h2-13,15-16H,14H2,1H3,(H,26,29). The van der Waals surface area contributed by atoms with Crippen LogP contribution < -0.4 is 5.32 Å². The Balaban J connectivity index is 1.50. The molecule has 0 aliphatic rings. The van der Waals surface area contributed by atoms with Crippen LogP contribution in [0.15, 0.2) is 73.1 Å². The lowest BCUT2D eigenvalue weighted by Gasteiger charge is -2.03. The summed E-state index contributed by atoms with van der Waals surface area (Å²) in [6.07, 6.45) is 7.28. The van der Waals surface area contributed by atoms with Gasteiger partial charge in [0.25, 0.3) is 5.91 Å². The van der Waals surface area contributed by atoms with Gasteiger partial charge in [0.15, 0.2) is 0 Å². The van der Waals surface area contributed by atoms with E-state index in [-0.39, 0.29) is 5.91 Å². The van der Waals surface area contributed by atoms with Crippen molar-refractivity contribution in [1.82, 2.24) is 20.3 Å². The fourth-order valence-electron chi connectivity index (χ4n) is 2.89. The fourth-order valence-corrected chi connectivity index (χ4v) is 3.82. The first-order valence-corrected chi connectivity index (χ1v) is 10.4. The summed E-state index contributed by atoms with van der Waals surface area (Å²) in [4.78, 5) is 26.7. The molecule has 0 radical (unpaired) electrons. The van der Waals surface area contributed by atoms with Gasteiger partial charge in [0.05, 0.1) is 23.8 Å². The van der Waals surface area contributed by atoms with Gasteiger partial charge in [0.2, 0.25) is 0 Å². The van der Waals surface area contributed by atoms with Crippen LogP contribution in [0.4, 0.5) is 0 Å². The Labute approximate surface area is 179 Å². The van der Waals surface area contributed by atoms with Gasteiger partial charge in [0.1, 0.15) is 15.6 Å². The zero-order valence-corrected chi connectivity index (χ0v) is 17.3. The van der Waals surface area contributed by atoms with Crippen LogP contribution in [0.1, 0.15) is 32.2 Å². The summed E-state index contributed by atoms with van der Waals surface area (Å²) in [6, 6.07) is 19.8. The molecule has 1 amide bonds. The van der Waals surface area contributed by atoms with Crippen molar-refractivity contribution in [1.29, 1.82) is 0 Å². The Kier molecular flexibility index (Phi) is 6.06. The van der Waals surface area contributed by atoms with Gasteiger partial charge < -0.3 is 5.32 Å². The Hall–Kier alpha value is -3.64. The van der Waals surface area contributed by atoms with Crippen molar-refractivity contribution in [2.45, 2.75) is 13.5 Å². The van der Waals surface area contributed by atoms with Gasteiger partial charge in [-0.2, -0.15) is 0 Å². The zero-order chi connectivity index (χ0) is 20.8. The number of thiazole rings is 1. The highest BCUT2D eigenvalue weighted by Crippen LogP contribution is 2.26. The molecule has 2 heterocycles. The topological polar surface area (TPSA) is 67.8 Å². The van der Waals surface area contributed by atoms with E-state index in [1.807, 2.05) is 79.7 Å². The Morgan fingerprint density at radius 3 is 2.47 bits per heavy atom. The predicted octanol–water partition coefficient (Wildman–Crippen LogP) is 5.01. The second-order valence-corrected chi connectivity index (χ2v) is 7.67. The van der Waals surface area contributed by atoms with E-state index < -0.39 is 0 Å². The number of hydrogen-bond donors (Lipinski definition) is 1. The van der Waals surface area contributed by atoms with Gasteiger partial charge in [-0.05, 0) is 24.1 Å². The molecule has 0 unspecified atom stereocenters. The predicted molar refractivity (Wildman–Crippen MR) is 121 cm³/mol. The number of carbonyl (C=O) groups excluding carboxylic acids is 1. The van der Waals surface area contributed by atoms with E-state index in [1.54, 1.807) is 12.4 Å². The summed E-state index contributed by atoms with van der Waals surface area (Å²) >= 11 is 1.33. The summed E-state index contributed by atoms with van der Waals surface area (Å²) < 4.78 is 0. The van der Waals surface area contributed by atoms with Gasteiger partial charge in [-0.25, -0.2) is 9.97 Å². The van der Waals surface area contributed by atoms with Crippen molar-refractivity contribution in [3.8, 4) is 10.7 Å². The van der Waals surface area contributed by atoms with Gasteiger partial charge >= 0.3 is 0 Å². The lowest BCUT2D eigenvalue weighted by atomic mass is 10.2. The van der Waals surface area contributed by atoms with Crippen LogP contribution in [0, 0.1) is 6.92 Å². The van der Waals surface area contributed by atoms with E-state index in [4.69, 9.17) is 0 Å². The zero-order valence-electron chi connectivity index (χ0n) is 16.4. The molecule has 4 rings (SSSR count). The number of nitrogens with zero attached hydrogens (tertiary/aromatic N) is 3. The molecule has 1 N–H and O–H groups in total. The molecule has 2 aromatic carbocycles. The van der Waals surface area contributed by atoms with E-state index in [1.165, 1.54) is 11.3 Å². The molecule has 0 spiro atoms. The Morgan fingerprint density at radius 2 is 1.70 bits per heavy atom. The second-order valence-electron chi connectivity index (χ2n) is 6.68. The van der Waals surface area contributed by atoms with Crippen molar-refractivity contribution in [2.75, 3.05) is 0 Å². The molecule has 30 heavy (non-hydrogen) atoms. The van der Waals surface area contributed by atoms with E-state index in [2.05, 4.69) is 20.3 Å². The molecular formula is C24H20N4OS. The fraction of sp³-hybridized carbons (Fsp3) is 0.0833. The monoisotopic (exact) mass is 412 g/mol. The van der Waals surface area contributed by atoms with Crippen LogP contribution in [0.2, 0.25) is 0 Å². The van der Waals surface area contributed by atoms with E-state index >= 15 is 0 Å². The SMILES string of the molecule is Cc1nc(-c2cncc(C=Cc3ccccc3)n2)sc1C(=O)NCc1ccccc1. The van der Waals surface area contributed by atoms with Crippen LogP contribution in [0.3, 0.4) is 0 Å². The van der Waals surface area contributed by atoms with Crippen LogP contribution in [0.5, 0.6) is 0 Å². The van der Waals surface area contributed by atoms with E-state index in [9.17, 15) is 4.79 Å². The number of benzene rings is 2. The normalized spacial score (nSPS) is 11.0. The smallest absolute Gasteiger partial charge is 0.263 e. The highest BCUT2D eigenvalue weighted by atomic mass is 32.1. The molecule has 4 aromatic rings. The quantitative estimate of drug-likeness (QED) is 0.483. The van der Waals surface area contributed by atoms with Crippen molar-refractivity contribution in [3.05, 3.63) is 100 Å². The number of carbonyl (C=O) groups is 1. The summed E-state index contributed by atoms with van der Waals surface area (Å²) in [5.41, 5.74) is 4.22. The summed E-state index contributed by atoms with van der Waals surface area (Å²) in [5.74, 6) is -0.131. The minimum atomic E-state index is -0.131. The molecule has 0 saturated heterocycles. The van der Waals surface area contributed by atoms with Gasteiger partial charge in [-0.3, -0.25) is 9.78 Å². The third-order valence-electron chi connectivity index (χ3n) is 4.42. The molecule has 6 heteroatoms. The summed E-state index contributed by atoms with van der Waals surface area (Å²) in [6.45, 7) is 2.32. The number of hydrogen-bond acceptors (Lipinski definition) is 5. The lowest BCUT2D eigenvalue weighted by molar-refractivity contribution is 0.0954. The second kappa shape index (κ2) is 9.24. The average molecular weight is 413 g/mol. The molecule has 0 fully saturated rings. The number of aromatic nitrogens is 3. The maximum Gasteiger partial charge on any atom is 0.263 e. The van der Waals surface area contributed by atoms with Crippen LogP contribution in [-0.2, 0) is 6.54 Å². The number of amides is 1. The first-order valence-electron chi connectivity index (χ1n) is 9.54. The number of nitrogens with one attached hydrogen (secondary N) is 1. The minimum Gasteiger partial charge on any atom is -0.347 e. The van der Waals surface area contributed by atoms with Gasteiger partial charge in [-0.15, -0.1) is 11.3 Å². The average Bonchev–Trinajstić information content (AvgIpc) is 3.19. The van der Waals surface area contributed by atoms with Crippen molar-refractivity contribution in [3.63, 3.8) is 0 Å². The van der Waals surface area contributed by atoms with Crippen molar-refractivity contribution in [2.24, 2.45) is 0 Å². The van der Waals surface area contributed by atoms with Crippen LogP contribution >= 0.6 is 11.3 Å². The third kappa shape index (κ3) is 4.85. The molecule has 5 nitrogen and oxygen atoms in total. The number of aryl methyl sites for hydroxylation is 1. The van der Waals surface area contributed by atoms with E-state index in [0.717, 1.165) is 16.8 Å². The first-order chi connectivity index (χ1) is 14.7. The molecule has 0 aliphatic heterocycles. The largest absolute Gasteiger partial charge is 0.347 e. The molecule has 148 valence electrons. The minimum absolute atomic E-state index is 0.131. The highest BCUT2D eigenvalue weighted by molar-refractivity contribution is 7.17. The van der Waals surface area contributed by atoms with Crippen molar-refractivity contribution < 1.29 is 4.79 Å². The maximum absolute atomic E-state index is 12.6. The number of rotatable bonds is 6. The Morgan fingerprint density at radius 1 is 0.967 bits per heavy atom. The van der Waals surface area contributed by atoms with Gasteiger partial charge in [0, 0.05) is 6.54 Å². The molecule has 0 aliphatic carbocycles. The molecule has 0 atom stereocenters. The first kappa shape index (κ1) is 19.7. The molecule has 2 aromatic heterocycles. The molecule has 0 bridgehead atoms.